The number of nitrogens with one attached hydrogen (secondary N) is 1. The highest BCUT2D eigenvalue weighted by molar-refractivity contribution is 7.98. The Morgan fingerprint density at radius 1 is 1.50 bits per heavy atom. The number of benzene rings is 1. The Balaban J connectivity index is 2.13. The van der Waals surface area contributed by atoms with Crippen LogP contribution in [0, 0.1) is 0 Å². The SMILES string of the molecule is CSCC[C@H](N)C(=O)Nc1ccc2c(c1)N(S(C)(=O)=O)CC2. The minimum absolute atomic E-state index is 0.252. The molecule has 1 heterocycles. The maximum absolute atomic E-state index is 12.0. The molecule has 1 aliphatic heterocycles. The Kier molecular flexibility index (Phi) is 5.36. The van der Waals surface area contributed by atoms with Gasteiger partial charge in [-0.1, -0.05) is 6.07 Å². The number of carbonyl (C=O) groups is 1. The monoisotopic (exact) mass is 343 g/mol. The van der Waals surface area contributed by atoms with E-state index in [4.69, 9.17) is 5.73 Å². The summed E-state index contributed by atoms with van der Waals surface area (Å²) in [5.41, 5.74) is 8.00. The summed E-state index contributed by atoms with van der Waals surface area (Å²) in [6.07, 6.45) is 4.44. The van der Waals surface area contributed by atoms with Gasteiger partial charge in [0.1, 0.15) is 0 Å². The number of sulfonamides is 1. The van der Waals surface area contributed by atoms with Gasteiger partial charge in [0.25, 0.3) is 0 Å². The number of nitrogens with zero attached hydrogens (tertiary/aromatic N) is 1. The van der Waals surface area contributed by atoms with Gasteiger partial charge in [-0.25, -0.2) is 8.42 Å². The average molecular weight is 343 g/mol. The lowest BCUT2D eigenvalue weighted by Gasteiger charge is -2.18. The summed E-state index contributed by atoms with van der Waals surface area (Å²) >= 11 is 1.64. The number of nitrogens with two attached hydrogens (primary N) is 1. The van der Waals surface area contributed by atoms with Gasteiger partial charge in [0.05, 0.1) is 18.0 Å². The first-order chi connectivity index (χ1) is 10.3. The molecule has 0 aliphatic carbocycles. The van der Waals surface area contributed by atoms with Gasteiger partial charge in [-0.05, 0) is 42.5 Å². The Labute approximate surface area is 135 Å². The van der Waals surface area contributed by atoms with Gasteiger partial charge in [-0.2, -0.15) is 11.8 Å². The van der Waals surface area contributed by atoms with E-state index in [1.54, 1.807) is 23.9 Å². The van der Waals surface area contributed by atoms with Crippen LogP contribution in [0.15, 0.2) is 18.2 Å². The van der Waals surface area contributed by atoms with Crippen LogP contribution in [-0.4, -0.2) is 45.2 Å². The van der Waals surface area contributed by atoms with E-state index in [0.717, 1.165) is 11.3 Å². The van der Waals surface area contributed by atoms with Crippen molar-refractivity contribution in [2.45, 2.75) is 18.9 Å². The lowest BCUT2D eigenvalue weighted by molar-refractivity contribution is -0.117. The van der Waals surface area contributed by atoms with Crippen molar-refractivity contribution in [3.05, 3.63) is 23.8 Å². The first-order valence-corrected chi connectivity index (χ1v) is 10.2. The average Bonchev–Trinajstić information content (AvgIpc) is 2.87. The molecule has 8 heteroatoms. The molecule has 1 aromatic carbocycles. The molecule has 122 valence electrons. The zero-order valence-electron chi connectivity index (χ0n) is 12.7. The van der Waals surface area contributed by atoms with Gasteiger partial charge < -0.3 is 11.1 Å². The van der Waals surface area contributed by atoms with E-state index in [2.05, 4.69) is 5.32 Å². The number of anilines is 2. The minimum atomic E-state index is -3.30. The van der Waals surface area contributed by atoms with Gasteiger partial charge in [0, 0.05) is 12.2 Å². The van der Waals surface area contributed by atoms with Gasteiger partial charge in [-0.3, -0.25) is 9.10 Å². The molecule has 6 nitrogen and oxygen atoms in total. The van der Waals surface area contributed by atoms with Crippen LogP contribution in [0.4, 0.5) is 11.4 Å². The topological polar surface area (TPSA) is 92.5 Å². The zero-order chi connectivity index (χ0) is 16.3. The smallest absolute Gasteiger partial charge is 0.241 e. The van der Waals surface area contributed by atoms with E-state index in [1.165, 1.54) is 10.6 Å². The summed E-state index contributed by atoms with van der Waals surface area (Å²) in [4.78, 5) is 12.0. The molecule has 0 radical (unpaired) electrons. The number of carbonyl (C=O) groups excluding carboxylic acids is 1. The van der Waals surface area contributed by atoms with Crippen molar-refractivity contribution in [2.75, 3.05) is 34.4 Å². The van der Waals surface area contributed by atoms with E-state index < -0.39 is 16.1 Å². The second kappa shape index (κ2) is 6.89. The molecule has 1 atom stereocenters. The molecule has 2 rings (SSSR count). The molecule has 0 aromatic heterocycles. The summed E-state index contributed by atoms with van der Waals surface area (Å²) in [7, 11) is -3.30. The van der Waals surface area contributed by atoms with E-state index in [-0.39, 0.29) is 5.91 Å². The molecule has 22 heavy (non-hydrogen) atoms. The molecule has 1 amide bonds. The highest BCUT2D eigenvalue weighted by Crippen LogP contribution is 2.32. The van der Waals surface area contributed by atoms with Crippen molar-refractivity contribution in [3.8, 4) is 0 Å². The number of thioether (sulfide) groups is 1. The molecule has 0 fully saturated rings. The van der Waals surface area contributed by atoms with Crippen LogP contribution >= 0.6 is 11.8 Å². The van der Waals surface area contributed by atoms with Gasteiger partial charge in [0.2, 0.25) is 15.9 Å². The third kappa shape index (κ3) is 3.93. The number of hydrogen-bond acceptors (Lipinski definition) is 5. The van der Waals surface area contributed by atoms with Crippen molar-refractivity contribution in [2.24, 2.45) is 5.73 Å². The predicted molar refractivity (Wildman–Crippen MR) is 91.9 cm³/mol. The fourth-order valence-corrected chi connectivity index (χ4v) is 3.82. The number of amides is 1. The zero-order valence-corrected chi connectivity index (χ0v) is 14.3. The maximum atomic E-state index is 12.0. The lowest BCUT2D eigenvalue weighted by atomic mass is 10.1. The van der Waals surface area contributed by atoms with Crippen molar-refractivity contribution in [1.29, 1.82) is 0 Å². The summed E-state index contributed by atoms with van der Waals surface area (Å²) in [6, 6.07) is 4.77. The molecule has 1 aliphatic rings. The number of hydrogen-bond donors (Lipinski definition) is 2. The Morgan fingerprint density at radius 2 is 2.23 bits per heavy atom. The second-order valence-corrected chi connectivity index (χ2v) is 8.20. The first-order valence-electron chi connectivity index (χ1n) is 6.99. The van der Waals surface area contributed by atoms with E-state index in [1.807, 2.05) is 12.3 Å². The molecule has 3 N–H and O–H groups in total. The Bertz CT molecular complexity index is 661. The summed E-state index contributed by atoms with van der Waals surface area (Å²) in [5, 5.41) is 2.76. The van der Waals surface area contributed by atoms with E-state index in [0.29, 0.717) is 30.8 Å². The Hall–Kier alpha value is -1.25. The fourth-order valence-electron chi connectivity index (χ4n) is 2.38. The third-order valence-corrected chi connectivity index (χ3v) is 5.40. The first kappa shape index (κ1) is 17.1. The van der Waals surface area contributed by atoms with Crippen LogP contribution < -0.4 is 15.4 Å². The minimum Gasteiger partial charge on any atom is -0.325 e. The third-order valence-electron chi connectivity index (χ3n) is 3.58. The van der Waals surface area contributed by atoms with Crippen molar-refractivity contribution < 1.29 is 13.2 Å². The predicted octanol–water partition coefficient (Wildman–Crippen LogP) is 1.03. The molecule has 0 bridgehead atoms. The maximum Gasteiger partial charge on any atom is 0.241 e. The van der Waals surface area contributed by atoms with Gasteiger partial charge >= 0.3 is 0 Å². The standard InChI is InChI=1S/C14H21N3O3S2/c1-21-8-6-12(15)14(18)16-11-4-3-10-5-7-17(13(10)9-11)22(2,19)20/h3-4,9,12H,5-8,15H2,1-2H3,(H,16,18)/t12-/m0/s1. The molecular formula is C14H21N3O3S2. The van der Waals surface area contributed by atoms with Crippen LogP contribution in [0.5, 0.6) is 0 Å². The normalized spacial score (nSPS) is 15.5. The molecule has 0 unspecified atom stereocenters. The fraction of sp³-hybridized carbons (Fsp3) is 0.500. The van der Waals surface area contributed by atoms with Crippen LogP contribution in [-0.2, 0) is 21.2 Å². The van der Waals surface area contributed by atoms with Crippen molar-refractivity contribution in [1.82, 2.24) is 0 Å². The van der Waals surface area contributed by atoms with Crippen LogP contribution in [0.25, 0.3) is 0 Å². The molecule has 0 saturated heterocycles. The Morgan fingerprint density at radius 3 is 2.86 bits per heavy atom. The molecule has 0 saturated carbocycles. The van der Waals surface area contributed by atoms with E-state index in [9.17, 15) is 13.2 Å². The highest BCUT2D eigenvalue weighted by Gasteiger charge is 2.26. The summed E-state index contributed by atoms with van der Waals surface area (Å²) < 4.78 is 24.9. The molecule has 1 aromatic rings. The quantitative estimate of drug-likeness (QED) is 0.805. The number of rotatable bonds is 6. The van der Waals surface area contributed by atoms with Crippen LogP contribution in [0.2, 0.25) is 0 Å². The second-order valence-electron chi connectivity index (χ2n) is 5.31. The van der Waals surface area contributed by atoms with Gasteiger partial charge in [0.15, 0.2) is 0 Å². The van der Waals surface area contributed by atoms with Crippen molar-refractivity contribution in [3.63, 3.8) is 0 Å². The summed E-state index contributed by atoms with van der Waals surface area (Å²) in [6.45, 7) is 0.443. The largest absolute Gasteiger partial charge is 0.325 e. The van der Waals surface area contributed by atoms with Crippen molar-refractivity contribution >= 4 is 39.1 Å². The summed E-state index contributed by atoms with van der Waals surface area (Å²) in [5.74, 6) is 0.568. The highest BCUT2D eigenvalue weighted by atomic mass is 32.2. The van der Waals surface area contributed by atoms with Crippen LogP contribution in [0.3, 0.4) is 0 Å². The molecular weight excluding hydrogens is 322 g/mol. The lowest BCUT2D eigenvalue weighted by Crippen LogP contribution is -2.36. The van der Waals surface area contributed by atoms with Gasteiger partial charge in [-0.15, -0.1) is 0 Å². The van der Waals surface area contributed by atoms with E-state index >= 15 is 0 Å². The number of fused-ring (bicyclic) bond motifs is 1. The molecule has 0 spiro atoms. The van der Waals surface area contributed by atoms with Crippen LogP contribution in [0.1, 0.15) is 12.0 Å².